The van der Waals surface area contributed by atoms with Gasteiger partial charge in [-0.3, -0.25) is 4.79 Å². The first-order chi connectivity index (χ1) is 11.1. The van der Waals surface area contributed by atoms with E-state index >= 15 is 0 Å². The van der Waals surface area contributed by atoms with Crippen LogP contribution in [0.2, 0.25) is 0 Å². The summed E-state index contributed by atoms with van der Waals surface area (Å²) in [7, 11) is 1.30. The van der Waals surface area contributed by atoms with Gasteiger partial charge in [-0.25, -0.2) is 4.79 Å². The molecule has 0 aliphatic rings. The Morgan fingerprint density at radius 3 is 2.78 bits per heavy atom. The molecule has 0 fully saturated rings. The van der Waals surface area contributed by atoms with Gasteiger partial charge in [0, 0.05) is 6.54 Å². The number of esters is 1. The zero-order chi connectivity index (χ0) is 17.1. The number of nitriles is 1. The number of rotatable bonds is 9. The molecule has 124 valence electrons. The van der Waals surface area contributed by atoms with Crippen molar-refractivity contribution in [2.45, 2.75) is 19.0 Å². The summed E-state index contributed by atoms with van der Waals surface area (Å²) in [4.78, 5) is 23.6. The van der Waals surface area contributed by atoms with Crippen LogP contribution in [0.15, 0.2) is 24.3 Å². The Hall–Kier alpha value is -2.04. The van der Waals surface area contributed by atoms with Crippen LogP contribution in [0.5, 0.6) is 0 Å². The lowest BCUT2D eigenvalue weighted by Gasteiger charge is -2.16. The molecule has 0 aromatic heterocycles. The maximum absolute atomic E-state index is 11.9. The maximum Gasteiger partial charge on any atom is 0.328 e. The van der Waals surface area contributed by atoms with Gasteiger partial charge in [-0.1, -0.05) is 18.2 Å². The van der Waals surface area contributed by atoms with Crippen molar-refractivity contribution >= 4 is 23.6 Å². The van der Waals surface area contributed by atoms with Crippen LogP contribution in [0.3, 0.4) is 0 Å². The van der Waals surface area contributed by atoms with Crippen molar-refractivity contribution in [1.82, 2.24) is 10.6 Å². The number of amides is 1. The maximum atomic E-state index is 11.9. The van der Waals surface area contributed by atoms with E-state index in [1.165, 1.54) is 7.11 Å². The number of thioether (sulfide) groups is 1. The number of hydrogen-bond donors (Lipinski definition) is 2. The molecule has 1 rings (SSSR count). The number of carbonyl (C=O) groups excluding carboxylic acids is 2. The first-order valence-electron chi connectivity index (χ1n) is 7.17. The summed E-state index contributed by atoms with van der Waals surface area (Å²) < 4.78 is 4.69. The molecule has 0 unspecified atom stereocenters. The lowest BCUT2D eigenvalue weighted by Crippen LogP contribution is -2.45. The van der Waals surface area contributed by atoms with Gasteiger partial charge in [-0.15, -0.1) is 0 Å². The molecule has 2 N–H and O–H groups in total. The zero-order valence-electron chi connectivity index (χ0n) is 13.3. The van der Waals surface area contributed by atoms with Crippen LogP contribution < -0.4 is 10.6 Å². The average Bonchev–Trinajstić information content (AvgIpc) is 2.58. The number of ether oxygens (including phenoxy) is 1. The van der Waals surface area contributed by atoms with E-state index in [9.17, 15) is 9.59 Å². The van der Waals surface area contributed by atoms with E-state index in [0.29, 0.717) is 18.5 Å². The molecule has 0 spiro atoms. The van der Waals surface area contributed by atoms with Gasteiger partial charge < -0.3 is 15.4 Å². The fourth-order valence-electron chi connectivity index (χ4n) is 1.97. The minimum atomic E-state index is -0.631. The summed E-state index contributed by atoms with van der Waals surface area (Å²) in [6.45, 7) is 0.470. The van der Waals surface area contributed by atoms with Crippen molar-refractivity contribution in [1.29, 1.82) is 5.26 Å². The van der Waals surface area contributed by atoms with Crippen molar-refractivity contribution < 1.29 is 14.3 Å². The van der Waals surface area contributed by atoms with Gasteiger partial charge in [-0.05, 0) is 30.1 Å². The topological polar surface area (TPSA) is 91.2 Å². The van der Waals surface area contributed by atoms with Crippen molar-refractivity contribution in [3.8, 4) is 6.07 Å². The molecule has 7 heteroatoms. The summed E-state index contributed by atoms with van der Waals surface area (Å²) in [6.07, 6.45) is 2.46. The van der Waals surface area contributed by atoms with Crippen molar-refractivity contribution in [2.24, 2.45) is 0 Å². The first-order valence-corrected chi connectivity index (χ1v) is 8.56. The molecule has 1 amide bonds. The third-order valence-corrected chi connectivity index (χ3v) is 3.81. The van der Waals surface area contributed by atoms with Crippen LogP contribution in [-0.4, -0.2) is 43.6 Å². The average molecular weight is 335 g/mol. The predicted molar refractivity (Wildman–Crippen MR) is 89.8 cm³/mol. The van der Waals surface area contributed by atoms with Crippen LogP contribution in [0.4, 0.5) is 0 Å². The predicted octanol–water partition coefficient (Wildman–Crippen LogP) is 1.06. The Kier molecular flexibility index (Phi) is 8.80. The van der Waals surface area contributed by atoms with Gasteiger partial charge in [0.2, 0.25) is 5.91 Å². The van der Waals surface area contributed by atoms with E-state index in [4.69, 9.17) is 10.00 Å². The van der Waals surface area contributed by atoms with Crippen LogP contribution in [0.1, 0.15) is 17.5 Å². The number of carbonyl (C=O) groups is 2. The lowest BCUT2D eigenvalue weighted by molar-refractivity contribution is -0.145. The van der Waals surface area contributed by atoms with E-state index in [0.717, 1.165) is 11.3 Å². The number of nitrogens with one attached hydrogen (secondary N) is 2. The quantitative estimate of drug-likeness (QED) is 0.656. The van der Waals surface area contributed by atoms with Gasteiger partial charge in [0.25, 0.3) is 0 Å². The van der Waals surface area contributed by atoms with Gasteiger partial charge in [0.1, 0.15) is 6.04 Å². The Bertz CT molecular complexity index is 572. The lowest BCUT2D eigenvalue weighted by atomic mass is 10.1. The van der Waals surface area contributed by atoms with Crippen molar-refractivity contribution in [3.63, 3.8) is 0 Å². The summed E-state index contributed by atoms with van der Waals surface area (Å²) in [6, 6.07) is 8.67. The Balaban J connectivity index is 2.46. The second kappa shape index (κ2) is 10.6. The second-order valence-corrected chi connectivity index (χ2v) is 5.78. The Morgan fingerprint density at radius 2 is 2.13 bits per heavy atom. The fraction of sp³-hybridized carbons (Fsp3) is 0.438. The molecular weight excluding hydrogens is 314 g/mol. The minimum absolute atomic E-state index is 0.0620. The summed E-state index contributed by atoms with van der Waals surface area (Å²) in [5.74, 6) is 0.0291. The van der Waals surface area contributed by atoms with E-state index in [1.54, 1.807) is 23.9 Å². The summed E-state index contributed by atoms with van der Waals surface area (Å²) >= 11 is 1.60. The van der Waals surface area contributed by atoms with Gasteiger partial charge in [0.05, 0.1) is 25.3 Å². The largest absolute Gasteiger partial charge is 0.467 e. The first kappa shape index (κ1) is 19.0. The molecule has 1 aromatic carbocycles. The highest BCUT2D eigenvalue weighted by atomic mass is 32.2. The van der Waals surface area contributed by atoms with E-state index in [2.05, 4.69) is 16.7 Å². The third kappa shape index (κ3) is 6.72. The molecule has 0 bridgehead atoms. The van der Waals surface area contributed by atoms with Crippen LogP contribution in [-0.2, 0) is 20.9 Å². The molecule has 23 heavy (non-hydrogen) atoms. The number of methoxy groups -OCH3 is 1. The zero-order valence-corrected chi connectivity index (χ0v) is 14.1. The Morgan fingerprint density at radius 1 is 1.39 bits per heavy atom. The third-order valence-electron chi connectivity index (χ3n) is 3.17. The summed E-state index contributed by atoms with van der Waals surface area (Å²) in [5.41, 5.74) is 1.41. The van der Waals surface area contributed by atoms with Gasteiger partial charge >= 0.3 is 5.97 Å². The highest BCUT2D eigenvalue weighted by molar-refractivity contribution is 7.98. The molecule has 6 nitrogen and oxygen atoms in total. The molecule has 0 saturated carbocycles. The standard InChI is InChI=1S/C16H21N3O3S/c1-22-16(21)14(7-8-23-2)19-15(20)11-18-10-13-6-4-3-5-12(13)9-17/h3-6,14,18H,7-8,10-11H2,1-2H3,(H,19,20)/t14-/m0/s1. The second-order valence-electron chi connectivity index (χ2n) is 4.80. The molecule has 0 aliphatic carbocycles. The molecule has 0 radical (unpaired) electrons. The number of hydrogen-bond acceptors (Lipinski definition) is 6. The summed E-state index contributed by atoms with van der Waals surface area (Å²) in [5, 5.41) is 14.6. The van der Waals surface area contributed by atoms with E-state index < -0.39 is 12.0 Å². The molecule has 0 heterocycles. The van der Waals surface area contributed by atoms with E-state index in [1.807, 2.05) is 18.4 Å². The smallest absolute Gasteiger partial charge is 0.328 e. The fourth-order valence-corrected chi connectivity index (χ4v) is 2.44. The normalized spacial score (nSPS) is 11.3. The highest BCUT2D eigenvalue weighted by Crippen LogP contribution is 2.06. The molecule has 0 aliphatic heterocycles. The number of nitrogens with zero attached hydrogens (tertiary/aromatic N) is 1. The number of benzene rings is 1. The van der Waals surface area contributed by atoms with Crippen molar-refractivity contribution in [2.75, 3.05) is 25.7 Å². The van der Waals surface area contributed by atoms with Crippen LogP contribution >= 0.6 is 11.8 Å². The SMILES string of the molecule is COC(=O)[C@H](CCSC)NC(=O)CNCc1ccccc1C#N. The van der Waals surface area contributed by atoms with Crippen LogP contribution in [0, 0.1) is 11.3 Å². The van der Waals surface area contributed by atoms with E-state index in [-0.39, 0.29) is 12.5 Å². The van der Waals surface area contributed by atoms with Gasteiger partial charge in [0.15, 0.2) is 0 Å². The van der Waals surface area contributed by atoms with Gasteiger partial charge in [-0.2, -0.15) is 17.0 Å². The minimum Gasteiger partial charge on any atom is -0.467 e. The monoisotopic (exact) mass is 335 g/mol. The highest BCUT2D eigenvalue weighted by Gasteiger charge is 2.20. The molecule has 0 saturated heterocycles. The van der Waals surface area contributed by atoms with Crippen LogP contribution in [0.25, 0.3) is 0 Å². The Labute approximate surface area is 140 Å². The molecule has 1 aromatic rings. The van der Waals surface area contributed by atoms with Crippen molar-refractivity contribution in [3.05, 3.63) is 35.4 Å². The molecule has 1 atom stereocenters. The molecular formula is C16H21N3O3S.